The Morgan fingerprint density at radius 2 is 2.06 bits per heavy atom. The molecule has 98 valence electrons. The number of nitrogens with two attached hydrogens (primary N) is 1. The Bertz CT molecular complexity index is 418. The second-order valence-corrected chi connectivity index (χ2v) is 6.08. The lowest BCUT2D eigenvalue weighted by atomic mass is 10.2. The summed E-state index contributed by atoms with van der Waals surface area (Å²) >= 11 is 1.76. The highest BCUT2D eigenvalue weighted by atomic mass is 32.2. The molecule has 0 aromatic heterocycles. The van der Waals surface area contributed by atoms with Crippen LogP contribution in [0.1, 0.15) is 25.7 Å². The van der Waals surface area contributed by atoms with Gasteiger partial charge in [0.05, 0.1) is 12.7 Å². The number of ether oxygens (including phenoxy) is 2. The van der Waals surface area contributed by atoms with Crippen LogP contribution in [-0.2, 0) is 9.47 Å². The molecule has 2 fully saturated rings. The van der Waals surface area contributed by atoms with Crippen LogP contribution >= 0.6 is 11.8 Å². The van der Waals surface area contributed by atoms with Gasteiger partial charge in [-0.15, -0.1) is 11.8 Å². The molecule has 0 bridgehead atoms. The van der Waals surface area contributed by atoms with Crippen molar-refractivity contribution < 1.29 is 9.47 Å². The predicted molar refractivity (Wildman–Crippen MR) is 73.6 cm³/mol. The maximum Gasteiger partial charge on any atom is 0.168 e. The lowest BCUT2D eigenvalue weighted by Gasteiger charge is -2.21. The fraction of sp³-hybridized carbons (Fsp3) is 0.571. The fourth-order valence-electron chi connectivity index (χ4n) is 2.67. The number of benzene rings is 1. The summed E-state index contributed by atoms with van der Waals surface area (Å²) < 4.78 is 12.0. The number of hydrogen-bond acceptors (Lipinski definition) is 4. The van der Waals surface area contributed by atoms with Gasteiger partial charge in [-0.3, -0.25) is 0 Å². The smallest absolute Gasteiger partial charge is 0.168 e. The summed E-state index contributed by atoms with van der Waals surface area (Å²) in [5, 5.41) is 0. The highest BCUT2D eigenvalue weighted by molar-refractivity contribution is 7.99. The standard InChI is InChI=1S/C14H19NO2S/c15-12-5-1-2-6-13(12)18-10-11-9-16-14(17-11)7-3-4-8-14/h1-2,5-6,11H,3-4,7-10,15H2. The predicted octanol–water partition coefficient (Wildman–Crippen LogP) is 3.05. The maximum atomic E-state index is 6.09. The van der Waals surface area contributed by atoms with E-state index < -0.39 is 0 Å². The molecule has 1 saturated carbocycles. The molecule has 2 N–H and O–H groups in total. The van der Waals surface area contributed by atoms with Crippen LogP contribution in [0.4, 0.5) is 5.69 Å². The summed E-state index contributed by atoms with van der Waals surface area (Å²) in [5.74, 6) is 0.670. The van der Waals surface area contributed by atoms with E-state index >= 15 is 0 Å². The van der Waals surface area contributed by atoms with Crippen molar-refractivity contribution in [2.75, 3.05) is 18.1 Å². The minimum absolute atomic E-state index is 0.202. The van der Waals surface area contributed by atoms with E-state index in [2.05, 4.69) is 6.07 Å². The van der Waals surface area contributed by atoms with E-state index in [9.17, 15) is 0 Å². The molecule has 3 nitrogen and oxygen atoms in total. The van der Waals surface area contributed by atoms with Crippen molar-refractivity contribution in [3.8, 4) is 0 Å². The van der Waals surface area contributed by atoms with Gasteiger partial charge < -0.3 is 15.2 Å². The topological polar surface area (TPSA) is 44.5 Å². The number of para-hydroxylation sites is 1. The first kappa shape index (κ1) is 12.3. The van der Waals surface area contributed by atoms with Gasteiger partial charge in [-0.05, 0) is 25.0 Å². The summed E-state index contributed by atoms with van der Waals surface area (Å²) in [5.41, 5.74) is 6.77. The van der Waals surface area contributed by atoms with E-state index in [1.807, 2.05) is 18.2 Å². The van der Waals surface area contributed by atoms with E-state index in [0.717, 1.165) is 35.8 Å². The zero-order chi connectivity index (χ0) is 12.4. The minimum Gasteiger partial charge on any atom is -0.398 e. The SMILES string of the molecule is Nc1ccccc1SCC1COC2(CCCC2)O1. The molecule has 4 heteroatoms. The van der Waals surface area contributed by atoms with Gasteiger partial charge in [0.15, 0.2) is 5.79 Å². The van der Waals surface area contributed by atoms with E-state index in [4.69, 9.17) is 15.2 Å². The molecule has 1 saturated heterocycles. The zero-order valence-electron chi connectivity index (χ0n) is 10.4. The lowest BCUT2D eigenvalue weighted by molar-refractivity contribution is -0.159. The molecule has 18 heavy (non-hydrogen) atoms. The molecule has 1 aromatic rings. The second kappa shape index (κ2) is 5.11. The molecule has 0 radical (unpaired) electrons. The van der Waals surface area contributed by atoms with Gasteiger partial charge in [-0.1, -0.05) is 12.1 Å². The van der Waals surface area contributed by atoms with Crippen LogP contribution in [0.15, 0.2) is 29.2 Å². The lowest BCUT2D eigenvalue weighted by Crippen LogP contribution is -2.27. The Hall–Kier alpha value is -0.710. The van der Waals surface area contributed by atoms with E-state index in [-0.39, 0.29) is 11.9 Å². The van der Waals surface area contributed by atoms with Crippen molar-refractivity contribution in [3.63, 3.8) is 0 Å². The normalized spacial score (nSPS) is 25.9. The Morgan fingerprint density at radius 3 is 2.83 bits per heavy atom. The Morgan fingerprint density at radius 1 is 1.28 bits per heavy atom. The third-order valence-electron chi connectivity index (χ3n) is 3.62. The van der Waals surface area contributed by atoms with Gasteiger partial charge >= 0.3 is 0 Å². The molecular weight excluding hydrogens is 246 g/mol. The van der Waals surface area contributed by atoms with Gasteiger partial charge in [-0.2, -0.15) is 0 Å². The highest BCUT2D eigenvalue weighted by Crippen LogP contribution is 2.40. The first-order valence-corrected chi connectivity index (χ1v) is 7.55. The third-order valence-corrected chi connectivity index (χ3v) is 4.84. The van der Waals surface area contributed by atoms with Crippen molar-refractivity contribution in [2.24, 2.45) is 0 Å². The number of hydrogen-bond donors (Lipinski definition) is 1. The molecule has 1 heterocycles. The van der Waals surface area contributed by atoms with Crippen LogP contribution in [-0.4, -0.2) is 24.3 Å². The van der Waals surface area contributed by atoms with Crippen molar-refractivity contribution in [1.82, 2.24) is 0 Å². The largest absolute Gasteiger partial charge is 0.398 e. The van der Waals surface area contributed by atoms with Crippen LogP contribution in [0.5, 0.6) is 0 Å². The molecule has 3 rings (SSSR count). The monoisotopic (exact) mass is 265 g/mol. The van der Waals surface area contributed by atoms with E-state index in [1.165, 1.54) is 12.8 Å². The highest BCUT2D eigenvalue weighted by Gasteiger charge is 2.43. The van der Waals surface area contributed by atoms with Crippen molar-refractivity contribution in [2.45, 2.75) is 42.5 Å². The number of nitrogen functional groups attached to an aromatic ring is 1. The molecule has 1 atom stereocenters. The summed E-state index contributed by atoms with van der Waals surface area (Å²) in [7, 11) is 0. The maximum absolute atomic E-state index is 6.09. The average molecular weight is 265 g/mol. The van der Waals surface area contributed by atoms with Crippen LogP contribution < -0.4 is 5.73 Å². The molecule has 1 aromatic carbocycles. The number of anilines is 1. The Balaban J connectivity index is 1.54. The number of thioether (sulfide) groups is 1. The molecule has 2 aliphatic rings. The summed E-state index contributed by atoms with van der Waals surface area (Å²) in [6.45, 7) is 0.722. The molecule has 0 amide bonds. The fourth-order valence-corrected chi connectivity index (χ4v) is 3.61. The van der Waals surface area contributed by atoms with E-state index in [0.29, 0.717) is 0 Å². The van der Waals surface area contributed by atoms with E-state index in [1.54, 1.807) is 11.8 Å². The van der Waals surface area contributed by atoms with Gasteiger partial charge in [-0.25, -0.2) is 0 Å². The first-order valence-electron chi connectivity index (χ1n) is 6.57. The summed E-state index contributed by atoms with van der Waals surface area (Å²) in [6, 6.07) is 7.97. The van der Waals surface area contributed by atoms with Gasteiger partial charge in [0, 0.05) is 29.2 Å². The molecule has 1 spiro atoms. The molecule has 1 unspecified atom stereocenters. The van der Waals surface area contributed by atoms with Crippen molar-refractivity contribution in [1.29, 1.82) is 0 Å². The van der Waals surface area contributed by atoms with Crippen molar-refractivity contribution >= 4 is 17.4 Å². The third kappa shape index (κ3) is 2.51. The first-order chi connectivity index (χ1) is 8.77. The molecular formula is C14H19NO2S. The minimum atomic E-state index is -0.243. The Kier molecular flexibility index (Phi) is 3.50. The van der Waals surface area contributed by atoms with Crippen molar-refractivity contribution in [3.05, 3.63) is 24.3 Å². The Labute approximate surface area is 112 Å². The van der Waals surface area contributed by atoms with Gasteiger partial charge in [0.25, 0.3) is 0 Å². The average Bonchev–Trinajstić information content (AvgIpc) is 3.00. The second-order valence-electron chi connectivity index (χ2n) is 5.02. The summed E-state index contributed by atoms with van der Waals surface area (Å²) in [4.78, 5) is 1.13. The molecule has 1 aliphatic carbocycles. The van der Waals surface area contributed by atoms with Crippen LogP contribution in [0.2, 0.25) is 0 Å². The molecule has 1 aliphatic heterocycles. The zero-order valence-corrected chi connectivity index (χ0v) is 11.2. The van der Waals surface area contributed by atoms with Gasteiger partial charge in [0.1, 0.15) is 0 Å². The van der Waals surface area contributed by atoms with Crippen LogP contribution in [0.25, 0.3) is 0 Å². The quantitative estimate of drug-likeness (QED) is 0.674. The van der Waals surface area contributed by atoms with Gasteiger partial charge in [0.2, 0.25) is 0 Å². The summed E-state index contributed by atoms with van der Waals surface area (Å²) in [6.07, 6.45) is 4.77. The van der Waals surface area contributed by atoms with Crippen LogP contribution in [0.3, 0.4) is 0 Å². The number of rotatable bonds is 3. The van der Waals surface area contributed by atoms with Crippen LogP contribution in [0, 0.1) is 0 Å².